The third-order valence-electron chi connectivity index (χ3n) is 5.09. The molecular weight excluding hydrogens is 449 g/mol. The summed E-state index contributed by atoms with van der Waals surface area (Å²) in [5.41, 5.74) is 1.03. The molecule has 0 spiro atoms. The molecule has 12 heteroatoms. The second-order valence-corrected chi connectivity index (χ2v) is 7.69. The summed E-state index contributed by atoms with van der Waals surface area (Å²) in [5, 5.41) is 21.3. The Morgan fingerprint density at radius 1 is 1.19 bits per heavy atom. The predicted octanol–water partition coefficient (Wildman–Crippen LogP) is 3.59. The van der Waals surface area contributed by atoms with Gasteiger partial charge in [-0.25, -0.2) is 9.97 Å². The minimum Gasteiger partial charge on any atom is -0.405 e. The van der Waals surface area contributed by atoms with Crippen molar-refractivity contribution in [3.63, 3.8) is 0 Å². The molecule has 3 heterocycles. The molecule has 4 aromatic rings. The molecule has 0 amide bonds. The number of fused-ring (bicyclic) bond motifs is 3. The first-order chi connectivity index (χ1) is 15.3. The Morgan fingerprint density at radius 3 is 2.75 bits per heavy atom. The van der Waals surface area contributed by atoms with Gasteiger partial charge in [0, 0.05) is 10.4 Å². The average molecular weight is 465 g/mol. The van der Waals surface area contributed by atoms with E-state index in [1.54, 1.807) is 18.2 Å². The Kier molecular flexibility index (Phi) is 5.03. The lowest BCUT2D eigenvalue weighted by molar-refractivity contribution is -0.274. The zero-order valence-corrected chi connectivity index (χ0v) is 17.0. The topological polar surface area (TPSA) is 96.6 Å². The number of aromatic nitrogens is 4. The summed E-state index contributed by atoms with van der Waals surface area (Å²) in [5.74, 6) is -0.201. The van der Waals surface area contributed by atoms with Crippen LogP contribution in [0, 0.1) is 0 Å². The number of ether oxygens (including phenoxy) is 1. The number of alkyl halides is 3. The highest BCUT2D eigenvalue weighted by molar-refractivity contribution is 6.30. The highest BCUT2D eigenvalue weighted by atomic mass is 35.5. The summed E-state index contributed by atoms with van der Waals surface area (Å²) in [6.07, 6.45) is -5.03. The van der Waals surface area contributed by atoms with Crippen LogP contribution in [0.15, 0.2) is 42.5 Å². The van der Waals surface area contributed by atoms with Gasteiger partial charge in [0.2, 0.25) is 5.95 Å². The van der Waals surface area contributed by atoms with Crippen LogP contribution in [-0.2, 0) is 0 Å². The summed E-state index contributed by atoms with van der Waals surface area (Å²) >= 11 is 5.88. The molecule has 1 aliphatic heterocycles. The molecule has 2 atom stereocenters. The van der Waals surface area contributed by atoms with Gasteiger partial charge in [-0.15, -0.1) is 18.3 Å². The molecule has 1 saturated heterocycles. The third-order valence-corrected chi connectivity index (χ3v) is 5.33. The van der Waals surface area contributed by atoms with E-state index >= 15 is 0 Å². The van der Waals surface area contributed by atoms with Crippen LogP contribution in [0.3, 0.4) is 0 Å². The molecule has 0 radical (unpaired) electrons. The van der Waals surface area contributed by atoms with Crippen molar-refractivity contribution in [2.24, 2.45) is 0 Å². The SMILES string of the molecule is OC1NCC[C@H]1Nc1nc2ccccc2c2nc(-c3ccc(Cl)cc3OC(F)(F)F)nn12. The van der Waals surface area contributed by atoms with E-state index in [0.717, 1.165) is 6.07 Å². The van der Waals surface area contributed by atoms with Crippen LogP contribution in [0.4, 0.5) is 19.1 Å². The molecule has 0 saturated carbocycles. The van der Waals surface area contributed by atoms with Crippen molar-refractivity contribution in [1.29, 1.82) is 0 Å². The van der Waals surface area contributed by atoms with Gasteiger partial charge in [-0.05, 0) is 43.3 Å². The van der Waals surface area contributed by atoms with Crippen LogP contribution >= 0.6 is 11.6 Å². The number of nitrogens with one attached hydrogen (secondary N) is 2. The molecular formula is C20H16ClF3N6O2. The lowest BCUT2D eigenvalue weighted by Crippen LogP contribution is -2.35. The van der Waals surface area contributed by atoms with E-state index in [4.69, 9.17) is 11.6 Å². The first-order valence-corrected chi connectivity index (χ1v) is 10.1. The Bertz CT molecular complexity index is 1310. The fourth-order valence-corrected chi connectivity index (χ4v) is 3.82. The van der Waals surface area contributed by atoms with E-state index in [1.165, 1.54) is 16.6 Å². The van der Waals surface area contributed by atoms with E-state index in [1.807, 2.05) is 6.07 Å². The van der Waals surface area contributed by atoms with Crippen molar-refractivity contribution in [2.75, 3.05) is 11.9 Å². The molecule has 2 aromatic heterocycles. The number of hydrogen-bond donors (Lipinski definition) is 3. The minimum atomic E-state index is -4.91. The molecule has 32 heavy (non-hydrogen) atoms. The molecule has 1 aliphatic rings. The van der Waals surface area contributed by atoms with Gasteiger partial charge in [0.1, 0.15) is 12.0 Å². The van der Waals surface area contributed by atoms with Crippen molar-refractivity contribution in [3.05, 3.63) is 47.5 Å². The fraction of sp³-hybridized carbons (Fsp3) is 0.250. The number of rotatable bonds is 4. The van der Waals surface area contributed by atoms with E-state index in [-0.39, 0.29) is 22.5 Å². The van der Waals surface area contributed by atoms with Crippen molar-refractivity contribution in [2.45, 2.75) is 25.1 Å². The first kappa shape index (κ1) is 20.7. The molecule has 5 rings (SSSR count). The van der Waals surface area contributed by atoms with Crippen molar-refractivity contribution < 1.29 is 23.0 Å². The Labute approximate surface area is 184 Å². The maximum absolute atomic E-state index is 12.9. The summed E-state index contributed by atoms with van der Waals surface area (Å²) < 4.78 is 44.4. The predicted molar refractivity (Wildman–Crippen MR) is 111 cm³/mol. The second kappa shape index (κ2) is 7.76. The van der Waals surface area contributed by atoms with Gasteiger partial charge in [0.25, 0.3) is 0 Å². The van der Waals surface area contributed by atoms with Crippen molar-refractivity contribution >= 4 is 34.1 Å². The molecule has 166 valence electrons. The largest absolute Gasteiger partial charge is 0.573 e. The summed E-state index contributed by atoms with van der Waals surface area (Å²) in [7, 11) is 0. The number of aliphatic hydroxyl groups excluding tert-OH is 1. The molecule has 1 fully saturated rings. The van der Waals surface area contributed by atoms with Gasteiger partial charge >= 0.3 is 6.36 Å². The Hall–Kier alpha value is -3.15. The van der Waals surface area contributed by atoms with Gasteiger partial charge in [-0.3, -0.25) is 5.32 Å². The number of halogens is 4. The minimum absolute atomic E-state index is 0.00668. The molecule has 3 N–H and O–H groups in total. The van der Waals surface area contributed by atoms with E-state index in [2.05, 4.69) is 30.4 Å². The number of nitrogens with zero attached hydrogens (tertiary/aromatic N) is 4. The molecule has 8 nitrogen and oxygen atoms in total. The third kappa shape index (κ3) is 3.90. The highest BCUT2D eigenvalue weighted by Crippen LogP contribution is 2.35. The fourth-order valence-electron chi connectivity index (χ4n) is 3.66. The van der Waals surface area contributed by atoms with E-state index < -0.39 is 18.3 Å². The van der Waals surface area contributed by atoms with Crippen LogP contribution in [0.25, 0.3) is 27.9 Å². The van der Waals surface area contributed by atoms with Crippen LogP contribution in [0.2, 0.25) is 5.02 Å². The number of benzene rings is 2. The zero-order chi connectivity index (χ0) is 22.5. The standard InChI is InChI=1S/C20H16ClF3N6O2/c21-10-5-6-12(15(9-10)32-20(22,23)24)16-28-17-11-3-1-2-4-13(11)26-19(30(17)29-16)27-14-7-8-25-18(14)31/h1-6,9,14,18,25,31H,7-8H2,(H,26,27)/t14-,18?/m1/s1. The lowest BCUT2D eigenvalue weighted by Gasteiger charge is -2.17. The number of anilines is 1. The number of aliphatic hydroxyl groups is 1. The molecule has 0 bridgehead atoms. The normalized spacial score (nSPS) is 19.0. The molecule has 0 aliphatic carbocycles. The van der Waals surface area contributed by atoms with Gasteiger partial charge in [-0.2, -0.15) is 4.52 Å². The number of hydrogen-bond acceptors (Lipinski definition) is 7. The second-order valence-electron chi connectivity index (χ2n) is 7.25. The smallest absolute Gasteiger partial charge is 0.405 e. The van der Waals surface area contributed by atoms with Crippen molar-refractivity contribution in [1.82, 2.24) is 24.9 Å². The van der Waals surface area contributed by atoms with Crippen molar-refractivity contribution in [3.8, 4) is 17.1 Å². The van der Waals surface area contributed by atoms with Crippen LogP contribution in [0.1, 0.15) is 6.42 Å². The molecule has 1 unspecified atom stereocenters. The quantitative estimate of drug-likeness (QED) is 0.424. The maximum Gasteiger partial charge on any atom is 0.573 e. The van der Waals surface area contributed by atoms with Crippen LogP contribution in [0.5, 0.6) is 5.75 Å². The Balaban J connectivity index is 1.68. The van der Waals surface area contributed by atoms with E-state index in [9.17, 15) is 18.3 Å². The highest BCUT2D eigenvalue weighted by Gasteiger charge is 2.33. The molecule has 2 aromatic carbocycles. The zero-order valence-electron chi connectivity index (χ0n) is 16.3. The summed E-state index contributed by atoms with van der Waals surface area (Å²) in [4.78, 5) is 9.07. The van der Waals surface area contributed by atoms with Gasteiger partial charge in [-0.1, -0.05) is 23.7 Å². The lowest BCUT2D eigenvalue weighted by atomic mass is 10.2. The first-order valence-electron chi connectivity index (χ1n) is 9.68. The average Bonchev–Trinajstić information content (AvgIpc) is 3.34. The monoisotopic (exact) mass is 464 g/mol. The van der Waals surface area contributed by atoms with Gasteiger partial charge in [0.15, 0.2) is 11.5 Å². The maximum atomic E-state index is 12.9. The van der Waals surface area contributed by atoms with Gasteiger partial charge < -0.3 is 15.2 Å². The Morgan fingerprint density at radius 2 is 2.00 bits per heavy atom. The van der Waals surface area contributed by atoms with E-state index in [0.29, 0.717) is 35.5 Å². The van der Waals surface area contributed by atoms with Crippen LogP contribution in [-0.4, -0.2) is 49.9 Å². The van der Waals surface area contributed by atoms with Crippen LogP contribution < -0.4 is 15.4 Å². The summed E-state index contributed by atoms with van der Waals surface area (Å²) in [6, 6.07) is 10.7. The van der Waals surface area contributed by atoms with Gasteiger partial charge in [0.05, 0.1) is 17.1 Å². The number of para-hydroxylation sites is 1. The summed E-state index contributed by atoms with van der Waals surface area (Å²) in [6.45, 7) is 0.626.